The fourth-order valence-corrected chi connectivity index (χ4v) is 1.73. The molecule has 0 aliphatic carbocycles. The van der Waals surface area contributed by atoms with Crippen LogP contribution in [0.1, 0.15) is 31.2 Å². The summed E-state index contributed by atoms with van der Waals surface area (Å²) in [5.41, 5.74) is 6.27. The second-order valence-corrected chi connectivity index (χ2v) is 5.17. The van der Waals surface area contributed by atoms with Gasteiger partial charge in [0.05, 0.1) is 18.8 Å². The number of nitrogens with two attached hydrogens (primary N) is 1. The van der Waals surface area contributed by atoms with Crippen LogP contribution in [0.25, 0.3) is 0 Å². The van der Waals surface area contributed by atoms with Gasteiger partial charge >= 0.3 is 0 Å². The summed E-state index contributed by atoms with van der Waals surface area (Å²) in [6.07, 6.45) is 0. The molecule has 0 saturated heterocycles. The second kappa shape index (κ2) is 5.32. The van der Waals surface area contributed by atoms with Gasteiger partial charge in [-0.15, -0.1) is 11.3 Å². The van der Waals surface area contributed by atoms with Crippen LogP contribution in [0, 0.1) is 11.8 Å². The predicted molar refractivity (Wildman–Crippen MR) is 64.8 cm³/mol. The molecular formula is C12H17NOS. The molecule has 2 nitrogen and oxygen atoms in total. The van der Waals surface area contributed by atoms with Crippen molar-refractivity contribution in [3.8, 4) is 11.8 Å². The Labute approximate surface area is 95.4 Å². The lowest BCUT2D eigenvalue weighted by molar-refractivity contribution is -0.0137. The van der Waals surface area contributed by atoms with Gasteiger partial charge in [-0.3, -0.25) is 0 Å². The van der Waals surface area contributed by atoms with Gasteiger partial charge in [0, 0.05) is 10.4 Å². The summed E-state index contributed by atoms with van der Waals surface area (Å²) < 4.78 is 5.71. The molecule has 15 heavy (non-hydrogen) atoms. The Morgan fingerprint density at radius 3 is 2.80 bits per heavy atom. The van der Waals surface area contributed by atoms with Crippen molar-refractivity contribution in [2.45, 2.75) is 33.0 Å². The maximum atomic E-state index is 5.71. The summed E-state index contributed by atoms with van der Waals surface area (Å²) in [5, 5.41) is 2.03. The van der Waals surface area contributed by atoms with E-state index in [1.165, 1.54) is 4.88 Å². The Morgan fingerprint density at radius 2 is 2.20 bits per heavy atom. The number of rotatable bonds is 2. The molecule has 0 aromatic carbocycles. The van der Waals surface area contributed by atoms with Gasteiger partial charge in [-0.05, 0) is 32.2 Å². The van der Waals surface area contributed by atoms with Gasteiger partial charge in [-0.2, -0.15) is 0 Å². The van der Waals surface area contributed by atoms with Gasteiger partial charge in [-0.1, -0.05) is 11.8 Å². The van der Waals surface area contributed by atoms with Crippen LogP contribution in [0.2, 0.25) is 0 Å². The maximum Gasteiger partial charge on any atom is 0.0829 e. The van der Waals surface area contributed by atoms with E-state index >= 15 is 0 Å². The molecule has 0 aliphatic heterocycles. The van der Waals surface area contributed by atoms with E-state index in [2.05, 4.69) is 11.8 Å². The highest BCUT2D eigenvalue weighted by atomic mass is 32.1. The van der Waals surface area contributed by atoms with E-state index in [0.717, 1.165) is 5.56 Å². The summed E-state index contributed by atoms with van der Waals surface area (Å²) in [5.74, 6) is 5.90. The minimum atomic E-state index is -0.109. The lowest BCUT2D eigenvalue weighted by Gasteiger charge is -2.18. The summed E-state index contributed by atoms with van der Waals surface area (Å²) in [4.78, 5) is 1.17. The Morgan fingerprint density at radius 1 is 1.47 bits per heavy atom. The minimum Gasteiger partial charge on any atom is -0.370 e. The van der Waals surface area contributed by atoms with Gasteiger partial charge in [0.15, 0.2) is 0 Å². The Hall–Kier alpha value is -0.820. The summed E-state index contributed by atoms with van der Waals surface area (Å²) in [6, 6.07) is 2.01. The lowest BCUT2D eigenvalue weighted by atomic mass is 10.2. The van der Waals surface area contributed by atoms with Crippen molar-refractivity contribution in [3.05, 3.63) is 21.9 Å². The van der Waals surface area contributed by atoms with Crippen molar-refractivity contribution >= 4 is 11.3 Å². The van der Waals surface area contributed by atoms with Gasteiger partial charge in [0.2, 0.25) is 0 Å². The van der Waals surface area contributed by atoms with Gasteiger partial charge < -0.3 is 10.5 Å². The number of hydrogen-bond acceptors (Lipinski definition) is 3. The molecule has 0 spiro atoms. The zero-order valence-corrected chi connectivity index (χ0v) is 10.3. The van der Waals surface area contributed by atoms with Crippen molar-refractivity contribution in [2.24, 2.45) is 5.73 Å². The lowest BCUT2D eigenvalue weighted by Crippen LogP contribution is -2.18. The Balaban J connectivity index is 2.65. The van der Waals surface area contributed by atoms with Gasteiger partial charge in [0.25, 0.3) is 0 Å². The topological polar surface area (TPSA) is 35.2 Å². The van der Waals surface area contributed by atoms with Crippen molar-refractivity contribution in [2.75, 3.05) is 6.54 Å². The van der Waals surface area contributed by atoms with E-state index in [9.17, 15) is 0 Å². The first-order valence-corrected chi connectivity index (χ1v) is 5.80. The molecule has 0 bridgehead atoms. The van der Waals surface area contributed by atoms with E-state index in [1.807, 2.05) is 32.2 Å². The predicted octanol–water partition coefficient (Wildman–Crippen LogP) is 2.37. The number of thiophene rings is 1. The fraction of sp³-hybridized carbons (Fsp3) is 0.500. The summed E-state index contributed by atoms with van der Waals surface area (Å²) in [7, 11) is 0. The molecule has 0 aliphatic rings. The van der Waals surface area contributed by atoms with Gasteiger partial charge in [0.1, 0.15) is 0 Å². The first kappa shape index (κ1) is 12.3. The van der Waals surface area contributed by atoms with E-state index in [0.29, 0.717) is 13.2 Å². The highest BCUT2D eigenvalue weighted by Crippen LogP contribution is 2.19. The molecule has 1 aromatic rings. The molecule has 0 saturated carbocycles. The third-order valence-electron chi connectivity index (χ3n) is 1.71. The van der Waals surface area contributed by atoms with Gasteiger partial charge in [-0.25, -0.2) is 0 Å². The number of ether oxygens (including phenoxy) is 1. The van der Waals surface area contributed by atoms with Crippen molar-refractivity contribution < 1.29 is 4.74 Å². The summed E-state index contributed by atoms with van der Waals surface area (Å²) in [6.45, 7) is 7.16. The molecule has 1 rings (SSSR count). The largest absolute Gasteiger partial charge is 0.370 e. The van der Waals surface area contributed by atoms with Crippen LogP contribution in [-0.2, 0) is 11.3 Å². The standard InChI is InChI=1S/C12H17NOS/c1-12(2,3)14-9-11-10(5-4-7-13)6-8-15-11/h6,8H,7,9,13H2,1-3H3. The van der Waals surface area contributed by atoms with E-state index in [-0.39, 0.29) is 5.60 Å². The van der Waals surface area contributed by atoms with Crippen LogP contribution in [0.4, 0.5) is 0 Å². The molecule has 1 aromatic heterocycles. The molecule has 82 valence electrons. The molecule has 0 radical (unpaired) electrons. The third-order valence-corrected chi connectivity index (χ3v) is 2.60. The fourth-order valence-electron chi connectivity index (χ4n) is 0.992. The van der Waals surface area contributed by atoms with Crippen LogP contribution in [0.3, 0.4) is 0 Å². The molecule has 0 atom stereocenters. The number of hydrogen-bond donors (Lipinski definition) is 1. The molecule has 3 heteroatoms. The first-order valence-electron chi connectivity index (χ1n) is 4.92. The third kappa shape index (κ3) is 4.48. The zero-order chi connectivity index (χ0) is 11.3. The molecule has 0 amide bonds. The molecule has 1 heterocycles. The minimum absolute atomic E-state index is 0.109. The normalized spacial score (nSPS) is 10.9. The second-order valence-electron chi connectivity index (χ2n) is 4.16. The average Bonchev–Trinajstić information content (AvgIpc) is 2.57. The monoisotopic (exact) mass is 223 g/mol. The van der Waals surface area contributed by atoms with E-state index in [4.69, 9.17) is 10.5 Å². The van der Waals surface area contributed by atoms with Crippen LogP contribution < -0.4 is 5.73 Å². The average molecular weight is 223 g/mol. The van der Waals surface area contributed by atoms with Crippen molar-refractivity contribution in [1.82, 2.24) is 0 Å². The Kier molecular flexibility index (Phi) is 4.34. The molecular weight excluding hydrogens is 206 g/mol. The van der Waals surface area contributed by atoms with Crippen LogP contribution >= 0.6 is 11.3 Å². The Bertz CT molecular complexity index is 365. The molecule has 0 fully saturated rings. The van der Waals surface area contributed by atoms with Crippen molar-refractivity contribution in [3.63, 3.8) is 0 Å². The van der Waals surface area contributed by atoms with E-state index < -0.39 is 0 Å². The SMILES string of the molecule is CC(C)(C)OCc1sccc1C#CCN. The molecule has 2 N–H and O–H groups in total. The first-order chi connectivity index (χ1) is 7.03. The van der Waals surface area contributed by atoms with Crippen molar-refractivity contribution in [1.29, 1.82) is 0 Å². The zero-order valence-electron chi connectivity index (χ0n) is 9.46. The highest BCUT2D eigenvalue weighted by molar-refractivity contribution is 7.10. The van der Waals surface area contributed by atoms with Crippen LogP contribution in [-0.4, -0.2) is 12.1 Å². The van der Waals surface area contributed by atoms with Crippen LogP contribution in [0.15, 0.2) is 11.4 Å². The maximum absolute atomic E-state index is 5.71. The smallest absolute Gasteiger partial charge is 0.0829 e. The quantitative estimate of drug-likeness (QED) is 0.781. The van der Waals surface area contributed by atoms with E-state index in [1.54, 1.807) is 11.3 Å². The summed E-state index contributed by atoms with van der Waals surface area (Å²) >= 11 is 1.67. The van der Waals surface area contributed by atoms with Crippen LogP contribution in [0.5, 0.6) is 0 Å². The highest BCUT2D eigenvalue weighted by Gasteiger charge is 2.11. The molecule has 0 unspecified atom stereocenters.